The van der Waals surface area contributed by atoms with Gasteiger partial charge in [-0.25, -0.2) is 0 Å². The molecule has 5 aliphatic carbocycles. The molecule has 8 atom stereocenters. The molecule has 0 N–H and O–H groups in total. The van der Waals surface area contributed by atoms with Gasteiger partial charge >= 0.3 is 5.97 Å². The molecule has 0 unspecified atom stereocenters. The summed E-state index contributed by atoms with van der Waals surface area (Å²) in [4.78, 5) is 26.1. The number of aromatic nitrogens is 2. The van der Waals surface area contributed by atoms with Crippen molar-refractivity contribution >= 4 is 23.4 Å². The van der Waals surface area contributed by atoms with Crippen molar-refractivity contribution in [2.75, 3.05) is 0 Å². The summed E-state index contributed by atoms with van der Waals surface area (Å²) in [5, 5.41) is 9.87. The van der Waals surface area contributed by atoms with E-state index in [0.29, 0.717) is 41.0 Å². The first-order chi connectivity index (χ1) is 21.6. The third-order valence-corrected chi connectivity index (χ3v) is 14.9. The second-order valence-corrected chi connectivity index (χ2v) is 17.6. The van der Waals surface area contributed by atoms with E-state index in [4.69, 9.17) is 25.9 Å². The summed E-state index contributed by atoms with van der Waals surface area (Å²) in [7, 11) is 0. The predicted molar refractivity (Wildman–Crippen MR) is 179 cm³/mol. The van der Waals surface area contributed by atoms with Crippen LogP contribution in [0.2, 0.25) is 5.02 Å². The first kappa shape index (κ1) is 32.1. The van der Waals surface area contributed by atoms with Crippen molar-refractivity contribution in [2.24, 2.45) is 45.3 Å². The van der Waals surface area contributed by atoms with E-state index in [1.807, 2.05) is 24.3 Å². The quantitative estimate of drug-likeness (QED) is 0.308. The van der Waals surface area contributed by atoms with Gasteiger partial charge in [0.05, 0.1) is 5.41 Å². The smallest absolute Gasteiger partial charge is 0.302 e. The zero-order chi connectivity index (χ0) is 33.0. The summed E-state index contributed by atoms with van der Waals surface area (Å²) in [5.41, 5.74) is 2.92. The van der Waals surface area contributed by atoms with Crippen molar-refractivity contribution in [2.45, 2.75) is 125 Å². The highest BCUT2D eigenvalue weighted by Crippen LogP contribution is 2.76. The molecular formula is C39H51ClN2O4. The molecule has 0 bridgehead atoms. The van der Waals surface area contributed by atoms with Crippen LogP contribution >= 0.6 is 11.6 Å². The SMILES string of the molecule is CC(=O)O[C@H]1CC[C@]2(C)[C@H]3CC[C@@H]4C5=C(C(C)C)C(=O)C[C@]5(c5nnc(-c6ccc(Cl)cc6)o5)CC[C@@]4(C)[C@]3(C)CC[C@H]2C1(C)C. The van der Waals surface area contributed by atoms with Crippen LogP contribution in [0.4, 0.5) is 0 Å². The molecular weight excluding hydrogens is 596 g/mol. The molecule has 1 aromatic carbocycles. The van der Waals surface area contributed by atoms with Crippen molar-refractivity contribution in [1.29, 1.82) is 0 Å². The lowest BCUT2D eigenvalue weighted by atomic mass is 9.33. The molecule has 6 nitrogen and oxygen atoms in total. The highest BCUT2D eigenvalue weighted by Gasteiger charge is 2.71. The molecule has 5 aliphatic rings. The summed E-state index contributed by atoms with van der Waals surface area (Å²) < 4.78 is 12.5. The van der Waals surface area contributed by atoms with Crippen LogP contribution in [0.5, 0.6) is 0 Å². The summed E-state index contributed by atoms with van der Waals surface area (Å²) in [6.07, 6.45) is 8.84. The first-order valence-corrected chi connectivity index (χ1v) is 18.0. The summed E-state index contributed by atoms with van der Waals surface area (Å²) in [6.45, 7) is 18.3. The fourth-order valence-corrected chi connectivity index (χ4v) is 12.5. The number of ether oxygens (including phenoxy) is 1. The van der Waals surface area contributed by atoms with Gasteiger partial charge < -0.3 is 9.15 Å². The number of hydrogen-bond acceptors (Lipinski definition) is 6. The topological polar surface area (TPSA) is 82.3 Å². The molecule has 0 spiro atoms. The molecule has 46 heavy (non-hydrogen) atoms. The van der Waals surface area contributed by atoms with Gasteiger partial charge in [0.25, 0.3) is 0 Å². The third kappa shape index (κ3) is 4.26. The maximum absolute atomic E-state index is 14.0. The van der Waals surface area contributed by atoms with E-state index in [9.17, 15) is 9.59 Å². The number of Topliss-reactive ketones (excluding diaryl/α,β-unsaturated/α-hetero) is 1. The van der Waals surface area contributed by atoms with Gasteiger partial charge in [0.1, 0.15) is 6.10 Å². The molecule has 248 valence electrons. The number of benzene rings is 1. The van der Waals surface area contributed by atoms with Crippen molar-refractivity contribution in [1.82, 2.24) is 10.2 Å². The van der Waals surface area contributed by atoms with E-state index < -0.39 is 5.41 Å². The van der Waals surface area contributed by atoms with E-state index in [1.165, 1.54) is 5.57 Å². The molecule has 1 aromatic heterocycles. The Kier molecular flexibility index (Phi) is 7.34. The molecule has 0 aliphatic heterocycles. The number of hydrogen-bond donors (Lipinski definition) is 0. The van der Waals surface area contributed by atoms with E-state index in [-0.39, 0.29) is 45.4 Å². The van der Waals surface area contributed by atoms with Crippen LogP contribution in [0.15, 0.2) is 39.8 Å². The zero-order valence-corrected chi connectivity index (χ0v) is 29.7. The van der Waals surface area contributed by atoms with Crippen LogP contribution in [0.1, 0.15) is 119 Å². The molecule has 1 heterocycles. The lowest BCUT2D eigenvalue weighted by Gasteiger charge is -2.72. The van der Waals surface area contributed by atoms with Gasteiger partial charge in [-0.05, 0) is 127 Å². The maximum atomic E-state index is 14.0. The molecule has 0 amide bonds. The highest BCUT2D eigenvalue weighted by atomic mass is 35.5. The average molecular weight is 647 g/mol. The van der Waals surface area contributed by atoms with E-state index >= 15 is 0 Å². The first-order valence-electron chi connectivity index (χ1n) is 17.6. The molecule has 4 fully saturated rings. The fraction of sp³-hybridized carbons (Fsp3) is 0.692. The lowest BCUT2D eigenvalue weighted by Crippen LogP contribution is -2.66. The molecule has 0 saturated heterocycles. The van der Waals surface area contributed by atoms with Gasteiger partial charge in [-0.2, -0.15) is 0 Å². The molecule has 0 radical (unpaired) electrons. The van der Waals surface area contributed by atoms with Crippen LogP contribution in [-0.4, -0.2) is 28.1 Å². The minimum Gasteiger partial charge on any atom is -0.462 e. The standard InChI is InChI=1S/C39H51ClN2O4/c1-22(2)31-27(44)21-39(34-42-41-33(46-34)24-9-11-25(40)12-10-24)20-19-37(7)26(32(31)39)13-14-29-36(6)17-16-30(45-23(3)43)35(4,5)28(36)15-18-38(29,37)8/h9-12,22,26,28-30H,13-21H2,1-8H3/t26-,28+,29-,30+,36+,37-,38-,39-/m1/s1. The minimum atomic E-state index is -0.535. The summed E-state index contributed by atoms with van der Waals surface area (Å²) >= 11 is 6.15. The van der Waals surface area contributed by atoms with E-state index in [0.717, 1.165) is 62.5 Å². The van der Waals surface area contributed by atoms with Gasteiger partial charge in [-0.3, -0.25) is 9.59 Å². The lowest BCUT2D eigenvalue weighted by molar-refractivity contribution is -0.231. The number of ketones is 1. The van der Waals surface area contributed by atoms with Gasteiger partial charge in [0.15, 0.2) is 5.78 Å². The maximum Gasteiger partial charge on any atom is 0.302 e. The van der Waals surface area contributed by atoms with Gasteiger partial charge in [-0.15, -0.1) is 10.2 Å². The Morgan fingerprint density at radius 1 is 0.913 bits per heavy atom. The van der Waals surface area contributed by atoms with Crippen LogP contribution in [0.25, 0.3) is 11.5 Å². The Balaban J connectivity index is 1.28. The number of rotatable bonds is 4. The number of nitrogens with zero attached hydrogens (tertiary/aromatic N) is 2. The Labute approximate surface area is 279 Å². The van der Waals surface area contributed by atoms with Gasteiger partial charge in [-0.1, -0.05) is 60.1 Å². The highest BCUT2D eigenvalue weighted by molar-refractivity contribution is 6.30. The van der Waals surface area contributed by atoms with Crippen LogP contribution < -0.4 is 0 Å². The van der Waals surface area contributed by atoms with Crippen molar-refractivity contribution in [3.8, 4) is 11.5 Å². The molecule has 4 saturated carbocycles. The van der Waals surface area contributed by atoms with Gasteiger partial charge in [0, 0.05) is 29.3 Å². The Bertz CT molecular complexity index is 1610. The second-order valence-electron chi connectivity index (χ2n) is 17.2. The largest absolute Gasteiger partial charge is 0.462 e. The van der Waals surface area contributed by atoms with Crippen molar-refractivity contribution in [3.63, 3.8) is 0 Å². The van der Waals surface area contributed by atoms with Crippen molar-refractivity contribution in [3.05, 3.63) is 46.3 Å². The normalized spacial score (nSPS) is 39.8. The molecule has 2 aromatic rings. The number of halogens is 1. The Morgan fingerprint density at radius 2 is 1.63 bits per heavy atom. The van der Waals surface area contributed by atoms with E-state index in [2.05, 4.69) is 53.6 Å². The van der Waals surface area contributed by atoms with Gasteiger partial charge in [0.2, 0.25) is 11.8 Å². The minimum absolute atomic E-state index is 0.0231. The summed E-state index contributed by atoms with van der Waals surface area (Å²) in [6, 6.07) is 7.49. The third-order valence-electron chi connectivity index (χ3n) is 14.6. The van der Waals surface area contributed by atoms with Crippen LogP contribution in [0, 0.1) is 45.3 Å². The van der Waals surface area contributed by atoms with Crippen LogP contribution in [0.3, 0.4) is 0 Å². The number of carbonyl (C=O) groups is 2. The van der Waals surface area contributed by atoms with Crippen LogP contribution in [-0.2, 0) is 19.7 Å². The number of allylic oxidation sites excluding steroid dienone is 2. The molecule has 7 rings (SSSR count). The summed E-state index contributed by atoms with van der Waals surface area (Å²) in [5.74, 6) is 2.69. The van der Waals surface area contributed by atoms with Crippen molar-refractivity contribution < 1.29 is 18.7 Å². The fourth-order valence-electron chi connectivity index (χ4n) is 12.4. The Hall–Kier alpha value is -2.47. The average Bonchev–Trinajstić information content (AvgIpc) is 3.59. The number of carbonyl (C=O) groups excluding carboxylic acids is 2. The second kappa shape index (κ2) is 10.5. The number of esters is 1. The number of fused-ring (bicyclic) bond motifs is 7. The monoisotopic (exact) mass is 646 g/mol. The predicted octanol–water partition coefficient (Wildman–Crippen LogP) is 9.55. The molecule has 7 heteroatoms. The van der Waals surface area contributed by atoms with E-state index in [1.54, 1.807) is 6.92 Å². The zero-order valence-electron chi connectivity index (χ0n) is 29.0. The Morgan fingerprint density at radius 3 is 2.30 bits per heavy atom.